The summed E-state index contributed by atoms with van der Waals surface area (Å²) in [5.74, 6) is -1.54. The summed E-state index contributed by atoms with van der Waals surface area (Å²) in [4.78, 5) is 41.6. The van der Waals surface area contributed by atoms with Crippen LogP contribution in [0.5, 0.6) is 0 Å². The molecule has 1 amide bonds. The molecule has 5 aromatic rings. The van der Waals surface area contributed by atoms with Gasteiger partial charge in [-0.3, -0.25) is 14.6 Å². The van der Waals surface area contributed by atoms with E-state index in [2.05, 4.69) is 15.0 Å². The minimum Gasteiger partial charge on any atom is -0.503 e. The number of aliphatic hydroxyl groups excluding tert-OH is 1. The molecular formula is C29H22N4O3S. The van der Waals surface area contributed by atoms with Crippen LogP contribution >= 0.6 is 11.3 Å². The number of thiazole rings is 1. The summed E-state index contributed by atoms with van der Waals surface area (Å²) in [5, 5.41) is 12.7. The second kappa shape index (κ2) is 9.15. The lowest BCUT2D eigenvalue weighted by Crippen LogP contribution is -2.31. The highest BCUT2D eigenvalue weighted by Crippen LogP contribution is 2.43. The molecule has 8 heteroatoms. The number of fused-ring (bicyclic) bond motifs is 1. The fourth-order valence-corrected chi connectivity index (χ4v) is 5.82. The smallest absolute Gasteiger partial charge is 0.290 e. The summed E-state index contributed by atoms with van der Waals surface area (Å²) in [7, 11) is 0. The zero-order chi connectivity index (χ0) is 25.5. The molecular weight excluding hydrogens is 484 g/mol. The van der Waals surface area contributed by atoms with Crippen LogP contribution in [-0.4, -0.2) is 36.6 Å². The molecule has 2 aromatic carbocycles. The number of carbonyl (C=O) groups is 2. The number of ketones is 1. The van der Waals surface area contributed by atoms with Gasteiger partial charge in [0.15, 0.2) is 5.76 Å². The second-order valence-corrected chi connectivity index (χ2v) is 9.84. The summed E-state index contributed by atoms with van der Waals surface area (Å²) >= 11 is 1.26. The third-order valence-corrected chi connectivity index (χ3v) is 7.75. The largest absolute Gasteiger partial charge is 0.503 e. The minimum absolute atomic E-state index is 0.0528. The molecule has 0 fully saturated rings. The molecule has 0 bridgehead atoms. The lowest BCUT2D eigenvalue weighted by atomic mass is 9.94. The number of aromatic amines is 1. The highest BCUT2D eigenvalue weighted by atomic mass is 32.1. The minimum atomic E-state index is -0.792. The Labute approximate surface area is 216 Å². The molecule has 2 N–H and O–H groups in total. The molecule has 7 nitrogen and oxygen atoms in total. The van der Waals surface area contributed by atoms with E-state index in [-0.39, 0.29) is 12.1 Å². The van der Waals surface area contributed by atoms with E-state index in [0.29, 0.717) is 21.3 Å². The first-order valence-corrected chi connectivity index (χ1v) is 12.6. The van der Waals surface area contributed by atoms with Crippen molar-refractivity contribution in [3.05, 3.63) is 118 Å². The van der Waals surface area contributed by atoms with Crippen LogP contribution in [0.15, 0.2) is 96.5 Å². The molecule has 6 rings (SSSR count). The van der Waals surface area contributed by atoms with Gasteiger partial charge in [-0.25, -0.2) is 4.98 Å². The number of nitrogens with one attached hydrogen (secondary N) is 1. The number of H-pyrrole nitrogens is 1. The number of pyridine rings is 1. The van der Waals surface area contributed by atoms with Crippen molar-refractivity contribution in [2.24, 2.45) is 0 Å². The van der Waals surface area contributed by atoms with Crippen molar-refractivity contribution in [1.82, 2.24) is 19.9 Å². The first-order chi connectivity index (χ1) is 18.0. The molecule has 0 spiro atoms. The van der Waals surface area contributed by atoms with E-state index in [1.54, 1.807) is 25.4 Å². The summed E-state index contributed by atoms with van der Waals surface area (Å²) in [5.41, 5.74) is 3.78. The Kier molecular flexibility index (Phi) is 5.65. The Hall–Kier alpha value is -4.56. The molecule has 37 heavy (non-hydrogen) atoms. The van der Waals surface area contributed by atoms with Crippen LogP contribution in [0, 0.1) is 6.92 Å². The van der Waals surface area contributed by atoms with Crippen molar-refractivity contribution in [2.75, 3.05) is 0 Å². The Bertz CT molecular complexity index is 1670. The molecule has 3 aromatic heterocycles. The molecule has 1 aliphatic heterocycles. The van der Waals surface area contributed by atoms with E-state index in [4.69, 9.17) is 0 Å². The van der Waals surface area contributed by atoms with Crippen LogP contribution in [0.25, 0.3) is 21.5 Å². The average molecular weight is 507 g/mol. The Morgan fingerprint density at radius 1 is 1.05 bits per heavy atom. The van der Waals surface area contributed by atoms with E-state index >= 15 is 0 Å². The number of para-hydroxylation sites is 1. The SMILES string of the molecule is Cc1nc(-c2ccccc2)sc1C(=O)C1=C(O)C(=O)N(Cc2ccccn2)C1c1c[nH]c2ccccc12. The Balaban J connectivity index is 1.47. The molecule has 1 atom stereocenters. The normalized spacial score (nSPS) is 15.6. The van der Waals surface area contributed by atoms with Gasteiger partial charge in [-0.1, -0.05) is 54.6 Å². The van der Waals surface area contributed by atoms with Crippen LogP contribution in [0.2, 0.25) is 0 Å². The maximum Gasteiger partial charge on any atom is 0.290 e. The van der Waals surface area contributed by atoms with E-state index in [9.17, 15) is 14.7 Å². The van der Waals surface area contributed by atoms with E-state index in [1.165, 1.54) is 16.2 Å². The van der Waals surface area contributed by atoms with E-state index in [0.717, 1.165) is 22.0 Å². The van der Waals surface area contributed by atoms with Gasteiger partial charge in [-0.05, 0) is 25.1 Å². The number of hydrogen-bond acceptors (Lipinski definition) is 6. The first-order valence-electron chi connectivity index (χ1n) is 11.8. The van der Waals surface area contributed by atoms with Gasteiger partial charge in [0.2, 0.25) is 5.78 Å². The fourth-order valence-electron chi connectivity index (χ4n) is 4.79. The summed E-state index contributed by atoms with van der Waals surface area (Å²) in [6.07, 6.45) is 3.45. The standard InChI is InChI=1S/C29H22N4O3S/c1-17-27(37-28(32-17)18-9-3-2-4-10-18)25(34)23-24(21-15-31-22-13-6-5-12-20(21)22)33(29(36)26(23)35)16-19-11-7-8-14-30-19/h2-15,24,31,35H,16H2,1H3. The lowest BCUT2D eigenvalue weighted by Gasteiger charge is -2.26. The van der Waals surface area contributed by atoms with Gasteiger partial charge in [-0.15, -0.1) is 11.3 Å². The van der Waals surface area contributed by atoms with Crippen molar-refractivity contribution in [2.45, 2.75) is 19.5 Å². The van der Waals surface area contributed by atoms with Crippen LogP contribution in [0.1, 0.15) is 32.7 Å². The molecule has 0 radical (unpaired) electrons. The predicted octanol–water partition coefficient (Wildman–Crippen LogP) is 5.77. The Morgan fingerprint density at radius 2 is 1.81 bits per heavy atom. The molecule has 1 unspecified atom stereocenters. The van der Waals surface area contributed by atoms with Crippen molar-refractivity contribution in [3.63, 3.8) is 0 Å². The van der Waals surface area contributed by atoms with Crippen molar-refractivity contribution < 1.29 is 14.7 Å². The number of aryl methyl sites for hydroxylation is 1. The van der Waals surface area contributed by atoms with Crippen molar-refractivity contribution in [3.8, 4) is 10.6 Å². The number of rotatable bonds is 6. The average Bonchev–Trinajstić information content (AvgIpc) is 3.60. The van der Waals surface area contributed by atoms with Gasteiger partial charge in [0, 0.05) is 34.4 Å². The lowest BCUT2D eigenvalue weighted by molar-refractivity contribution is -0.130. The molecule has 0 saturated carbocycles. The van der Waals surface area contributed by atoms with Crippen molar-refractivity contribution in [1.29, 1.82) is 0 Å². The maximum atomic E-state index is 14.1. The number of benzene rings is 2. The van der Waals surface area contributed by atoms with Gasteiger partial charge in [0.1, 0.15) is 5.01 Å². The third-order valence-electron chi connectivity index (χ3n) is 6.55. The van der Waals surface area contributed by atoms with Gasteiger partial charge in [0.25, 0.3) is 5.91 Å². The second-order valence-electron chi connectivity index (χ2n) is 8.84. The van der Waals surface area contributed by atoms with Gasteiger partial charge < -0.3 is 15.0 Å². The number of amides is 1. The molecule has 4 heterocycles. The molecule has 0 saturated heterocycles. The molecule has 182 valence electrons. The molecule has 0 aliphatic carbocycles. The number of aliphatic hydroxyl groups is 1. The third kappa shape index (κ3) is 3.91. The number of carbonyl (C=O) groups excluding carboxylic acids is 2. The highest BCUT2D eigenvalue weighted by Gasteiger charge is 2.45. The van der Waals surface area contributed by atoms with Gasteiger partial charge in [-0.2, -0.15) is 0 Å². The van der Waals surface area contributed by atoms with Crippen LogP contribution in [0.3, 0.4) is 0 Å². The van der Waals surface area contributed by atoms with E-state index < -0.39 is 23.5 Å². The fraction of sp³-hybridized carbons (Fsp3) is 0.103. The summed E-state index contributed by atoms with van der Waals surface area (Å²) in [6, 6.07) is 22.0. The topological polar surface area (TPSA) is 99.2 Å². The predicted molar refractivity (Wildman–Crippen MR) is 142 cm³/mol. The quantitative estimate of drug-likeness (QED) is 0.285. The summed E-state index contributed by atoms with van der Waals surface area (Å²) < 4.78 is 0. The number of aromatic nitrogens is 3. The highest BCUT2D eigenvalue weighted by molar-refractivity contribution is 7.17. The van der Waals surface area contributed by atoms with Crippen LogP contribution in [-0.2, 0) is 11.3 Å². The number of nitrogens with zero attached hydrogens (tertiary/aromatic N) is 3. The van der Waals surface area contributed by atoms with Gasteiger partial charge in [0.05, 0.1) is 34.4 Å². The van der Waals surface area contributed by atoms with Crippen LogP contribution < -0.4 is 0 Å². The zero-order valence-corrected chi connectivity index (χ0v) is 20.7. The summed E-state index contributed by atoms with van der Waals surface area (Å²) in [6.45, 7) is 1.92. The number of hydrogen-bond donors (Lipinski definition) is 2. The zero-order valence-electron chi connectivity index (χ0n) is 19.9. The van der Waals surface area contributed by atoms with Gasteiger partial charge >= 0.3 is 0 Å². The maximum absolute atomic E-state index is 14.1. The monoisotopic (exact) mass is 506 g/mol. The Morgan fingerprint density at radius 3 is 2.59 bits per heavy atom. The van der Waals surface area contributed by atoms with Crippen LogP contribution in [0.4, 0.5) is 0 Å². The van der Waals surface area contributed by atoms with E-state index in [1.807, 2.05) is 66.7 Å². The molecule has 1 aliphatic rings. The number of Topliss-reactive ketones (excluding diaryl/α,β-unsaturated/α-hetero) is 1. The first kappa shape index (κ1) is 22.9. The van der Waals surface area contributed by atoms with Crippen molar-refractivity contribution >= 4 is 33.9 Å².